The third-order valence-electron chi connectivity index (χ3n) is 1.89. The van der Waals surface area contributed by atoms with Crippen molar-refractivity contribution < 1.29 is 4.79 Å². The lowest BCUT2D eigenvalue weighted by Crippen LogP contribution is -2.20. The van der Waals surface area contributed by atoms with Gasteiger partial charge in [0.1, 0.15) is 0 Å². The van der Waals surface area contributed by atoms with E-state index in [0.717, 1.165) is 11.8 Å². The van der Waals surface area contributed by atoms with Crippen molar-refractivity contribution in [2.45, 2.75) is 13.5 Å². The molecule has 0 spiro atoms. The number of benzene rings is 1. The maximum Gasteiger partial charge on any atom is 0.244 e. The lowest BCUT2D eigenvalue weighted by molar-refractivity contribution is -0.116. The number of amides is 1. The van der Waals surface area contributed by atoms with Gasteiger partial charge in [-0.05, 0) is 18.6 Å². The lowest BCUT2D eigenvalue weighted by atomic mass is 10.1. The Morgan fingerprint density at radius 2 is 2.33 bits per heavy atom. The molecule has 0 saturated heterocycles. The number of nitrogens with one attached hydrogen (secondary N) is 2. The quantitative estimate of drug-likeness (QED) is 0.568. The standard InChI is InChI=1S/C12H14N2O/c1-10-4-2-5-11(8-10)9-14-12(15)6-3-7-13/h2-8,13H,9H2,1H3,(H,14,15)/b6-3-,13-7?. The number of hydrogen-bond acceptors (Lipinski definition) is 2. The highest BCUT2D eigenvalue weighted by Gasteiger charge is 1.95. The summed E-state index contributed by atoms with van der Waals surface area (Å²) in [4.78, 5) is 11.2. The van der Waals surface area contributed by atoms with E-state index in [0.29, 0.717) is 6.54 Å². The van der Waals surface area contributed by atoms with Gasteiger partial charge in [-0.1, -0.05) is 29.8 Å². The van der Waals surface area contributed by atoms with E-state index in [1.807, 2.05) is 31.2 Å². The second-order valence-electron chi connectivity index (χ2n) is 3.23. The fraction of sp³-hybridized carbons (Fsp3) is 0.167. The number of carbonyl (C=O) groups excluding carboxylic acids is 1. The first kappa shape index (κ1) is 11.2. The predicted molar refractivity (Wildman–Crippen MR) is 60.9 cm³/mol. The van der Waals surface area contributed by atoms with Crippen LogP contribution < -0.4 is 5.32 Å². The normalized spacial score (nSPS) is 10.2. The van der Waals surface area contributed by atoms with Gasteiger partial charge in [-0.2, -0.15) is 0 Å². The van der Waals surface area contributed by atoms with Crippen LogP contribution in [0, 0.1) is 12.3 Å². The van der Waals surface area contributed by atoms with E-state index in [9.17, 15) is 4.79 Å². The molecule has 0 aliphatic heterocycles. The second kappa shape index (κ2) is 5.75. The molecule has 0 bridgehead atoms. The molecule has 0 saturated carbocycles. The van der Waals surface area contributed by atoms with Crippen LogP contribution in [0.4, 0.5) is 0 Å². The summed E-state index contributed by atoms with van der Waals surface area (Å²) >= 11 is 0. The molecule has 1 aromatic rings. The number of allylic oxidation sites excluding steroid dienone is 1. The smallest absolute Gasteiger partial charge is 0.244 e. The topological polar surface area (TPSA) is 53.0 Å². The zero-order chi connectivity index (χ0) is 11.1. The molecule has 0 unspecified atom stereocenters. The van der Waals surface area contributed by atoms with E-state index in [-0.39, 0.29) is 5.91 Å². The van der Waals surface area contributed by atoms with Crippen molar-refractivity contribution in [3.8, 4) is 0 Å². The van der Waals surface area contributed by atoms with Gasteiger partial charge in [0.05, 0.1) is 0 Å². The first-order valence-electron chi connectivity index (χ1n) is 4.73. The van der Waals surface area contributed by atoms with Crippen molar-refractivity contribution in [2.24, 2.45) is 0 Å². The molecule has 3 heteroatoms. The average Bonchev–Trinajstić information content (AvgIpc) is 2.23. The third-order valence-corrected chi connectivity index (χ3v) is 1.89. The van der Waals surface area contributed by atoms with Gasteiger partial charge in [0, 0.05) is 18.8 Å². The first-order chi connectivity index (χ1) is 7.22. The molecule has 0 radical (unpaired) electrons. The van der Waals surface area contributed by atoms with Crippen LogP contribution in [-0.4, -0.2) is 12.1 Å². The minimum atomic E-state index is -0.181. The first-order valence-corrected chi connectivity index (χ1v) is 4.73. The summed E-state index contributed by atoms with van der Waals surface area (Å²) in [5.74, 6) is -0.181. The number of rotatable bonds is 4. The minimum absolute atomic E-state index is 0.181. The zero-order valence-electron chi connectivity index (χ0n) is 8.66. The summed E-state index contributed by atoms with van der Waals surface area (Å²) < 4.78 is 0. The van der Waals surface area contributed by atoms with Crippen LogP contribution >= 0.6 is 0 Å². The summed E-state index contributed by atoms with van der Waals surface area (Å²) in [7, 11) is 0. The molecule has 0 aliphatic rings. The highest BCUT2D eigenvalue weighted by Crippen LogP contribution is 2.02. The monoisotopic (exact) mass is 202 g/mol. The average molecular weight is 202 g/mol. The van der Waals surface area contributed by atoms with Gasteiger partial charge in [0.15, 0.2) is 0 Å². The molecule has 0 fully saturated rings. The van der Waals surface area contributed by atoms with Crippen LogP contribution in [0.25, 0.3) is 0 Å². The van der Waals surface area contributed by atoms with Crippen molar-refractivity contribution in [1.29, 1.82) is 5.41 Å². The van der Waals surface area contributed by atoms with Crippen LogP contribution in [-0.2, 0) is 11.3 Å². The van der Waals surface area contributed by atoms with Gasteiger partial charge in [-0.3, -0.25) is 4.79 Å². The molecule has 0 aliphatic carbocycles. The molecule has 1 aromatic carbocycles. The van der Waals surface area contributed by atoms with Crippen LogP contribution in [0.3, 0.4) is 0 Å². The Kier molecular flexibility index (Phi) is 4.29. The van der Waals surface area contributed by atoms with E-state index in [1.165, 1.54) is 17.7 Å². The van der Waals surface area contributed by atoms with Crippen molar-refractivity contribution in [1.82, 2.24) is 5.32 Å². The van der Waals surface area contributed by atoms with E-state index in [2.05, 4.69) is 5.32 Å². The molecular formula is C12H14N2O. The molecule has 0 aromatic heterocycles. The van der Waals surface area contributed by atoms with Crippen LogP contribution in [0.15, 0.2) is 36.4 Å². The molecule has 3 nitrogen and oxygen atoms in total. The Balaban J connectivity index is 2.47. The van der Waals surface area contributed by atoms with E-state index >= 15 is 0 Å². The Bertz CT molecular complexity index is 383. The molecule has 78 valence electrons. The number of hydrogen-bond donors (Lipinski definition) is 2. The Morgan fingerprint density at radius 3 is 3.00 bits per heavy atom. The highest BCUT2D eigenvalue weighted by atomic mass is 16.1. The molecule has 0 heterocycles. The van der Waals surface area contributed by atoms with Gasteiger partial charge < -0.3 is 10.7 Å². The summed E-state index contributed by atoms with van der Waals surface area (Å²) in [6.45, 7) is 2.53. The largest absolute Gasteiger partial charge is 0.348 e. The molecule has 1 amide bonds. The van der Waals surface area contributed by atoms with Gasteiger partial charge in [-0.25, -0.2) is 0 Å². The van der Waals surface area contributed by atoms with Crippen molar-refractivity contribution in [3.63, 3.8) is 0 Å². The Labute approximate surface area is 89.3 Å². The van der Waals surface area contributed by atoms with Crippen molar-refractivity contribution >= 4 is 12.1 Å². The maximum absolute atomic E-state index is 11.2. The number of carbonyl (C=O) groups is 1. The summed E-state index contributed by atoms with van der Waals surface area (Å²) in [5, 5.41) is 9.46. The van der Waals surface area contributed by atoms with Gasteiger partial charge >= 0.3 is 0 Å². The van der Waals surface area contributed by atoms with Gasteiger partial charge in [0.25, 0.3) is 0 Å². The Morgan fingerprint density at radius 1 is 1.53 bits per heavy atom. The highest BCUT2D eigenvalue weighted by molar-refractivity contribution is 5.91. The number of aryl methyl sites for hydroxylation is 1. The zero-order valence-corrected chi connectivity index (χ0v) is 8.66. The summed E-state index contributed by atoms with van der Waals surface area (Å²) in [6, 6.07) is 7.97. The molecular weight excluding hydrogens is 188 g/mol. The predicted octanol–water partition coefficient (Wildman–Crippen LogP) is 1.82. The lowest BCUT2D eigenvalue weighted by Gasteiger charge is -2.03. The van der Waals surface area contributed by atoms with Crippen molar-refractivity contribution in [2.75, 3.05) is 0 Å². The van der Waals surface area contributed by atoms with E-state index in [4.69, 9.17) is 5.41 Å². The van der Waals surface area contributed by atoms with Gasteiger partial charge in [-0.15, -0.1) is 0 Å². The Hall–Kier alpha value is -1.90. The second-order valence-corrected chi connectivity index (χ2v) is 3.23. The fourth-order valence-electron chi connectivity index (χ4n) is 1.21. The van der Waals surface area contributed by atoms with Crippen LogP contribution in [0.5, 0.6) is 0 Å². The molecule has 2 N–H and O–H groups in total. The molecule has 1 rings (SSSR count). The SMILES string of the molecule is Cc1cccc(CNC(=O)/C=C\C=N)c1. The van der Waals surface area contributed by atoms with Gasteiger partial charge in [0.2, 0.25) is 5.91 Å². The minimum Gasteiger partial charge on any atom is -0.348 e. The third kappa shape index (κ3) is 4.22. The van der Waals surface area contributed by atoms with Crippen LogP contribution in [0.2, 0.25) is 0 Å². The van der Waals surface area contributed by atoms with Crippen molar-refractivity contribution in [3.05, 3.63) is 47.5 Å². The summed E-state index contributed by atoms with van der Waals surface area (Å²) in [5.41, 5.74) is 2.25. The summed E-state index contributed by atoms with van der Waals surface area (Å²) in [6.07, 6.45) is 3.81. The van der Waals surface area contributed by atoms with E-state index in [1.54, 1.807) is 0 Å². The maximum atomic E-state index is 11.2. The fourth-order valence-corrected chi connectivity index (χ4v) is 1.21. The molecule has 15 heavy (non-hydrogen) atoms. The molecule has 0 atom stereocenters. The van der Waals surface area contributed by atoms with Crippen LogP contribution in [0.1, 0.15) is 11.1 Å². The van der Waals surface area contributed by atoms with E-state index < -0.39 is 0 Å².